The topological polar surface area (TPSA) is 47.8 Å². The monoisotopic (exact) mass is 261 g/mol. The number of Topliss-reactive ketones (excluding diaryl/α,β-unsaturated/α-hetero) is 1. The first-order valence-corrected chi connectivity index (χ1v) is 6.03. The predicted molar refractivity (Wildman–Crippen MR) is 69.1 cm³/mol. The molecule has 0 unspecified atom stereocenters. The molecule has 0 aliphatic rings. The van der Waals surface area contributed by atoms with Crippen molar-refractivity contribution in [2.75, 3.05) is 0 Å². The smallest absolute Gasteiger partial charge is 0.150 e. The number of hydrogen-bond donors (Lipinski definition) is 0. The van der Waals surface area contributed by atoms with Gasteiger partial charge < -0.3 is 0 Å². The number of carbonyl (C=O) groups excluding carboxylic acids is 1. The highest BCUT2D eigenvalue weighted by Gasteiger charge is 2.30. The molecular formula is C14H16FN3O. The second-order valence-corrected chi connectivity index (χ2v) is 5.03. The van der Waals surface area contributed by atoms with E-state index in [9.17, 15) is 9.18 Å². The Morgan fingerprint density at radius 3 is 2.47 bits per heavy atom. The first-order chi connectivity index (χ1) is 8.91. The van der Waals surface area contributed by atoms with Crippen molar-refractivity contribution >= 4 is 5.78 Å². The molecule has 0 amide bonds. The van der Waals surface area contributed by atoms with E-state index < -0.39 is 5.41 Å². The van der Waals surface area contributed by atoms with Gasteiger partial charge in [-0.1, -0.05) is 12.1 Å². The van der Waals surface area contributed by atoms with Gasteiger partial charge in [0, 0.05) is 12.5 Å². The number of rotatable bonds is 4. The fraction of sp³-hybridized carbons (Fsp3) is 0.357. The lowest BCUT2D eigenvalue weighted by Crippen LogP contribution is -2.31. The molecule has 2 rings (SSSR count). The SMILES string of the molecule is Cn1ncnc1CC(=O)C(C)(C)c1ccc(F)cc1. The van der Waals surface area contributed by atoms with E-state index in [1.54, 1.807) is 23.9 Å². The summed E-state index contributed by atoms with van der Waals surface area (Å²) in [5.74, 6) is 0.343. The molecule has 1 heterocycles. The van der Waals surface area contributed by atoms with Gasteiger partial charge in [-0.3, -0.25) is 9.48 Å². The van der Waals surface area contributed by atoms with E-state index in [0.29, 0.717) is 5.82 Å². The van der Waals surface area contributed by atoms with Crippen LogP contribution in [0.5, 0.6) is 0 Å². The van der Waals surface area contributed by atoms with Crippen molar-refractivity contribution < 1.29 is 9.18 Å². The number of aryl methyl sites for hydroxylation is 1. The molecule has 100 valence electrons. The van der Waals surface area contributed by atoms with Gasteiger partial charge in [0.1, 0.15) is 23.8 Å². The van der Waals surface area contributed by atoms with Gasteiger partial charge in [-0.25, -0.2) is 9.37 Å². The van der Waals surface area contributed by atoms with Crippen LogP contribution in [-0.2, 0) is 23.7 Å². The van der Waals surface area contributed by atoms with Crippen molar-refractivity contribution in [2.24, 2.45) is 7.05 Å². The van der Waals surface area contributed by atoms with E-state index in [0.717, 1.165) is 5.56 Å². The maximum Gasteiger partial charge on any atom is 0.150 e. The van der Waals surface area contributed by atoms with Crippen LogP contribution >= 0.6 is 0 Å². The third-order valence-electron chi connectivity index (χ3n) is 3.39. The summed E-state index contributed by atoms with van der Waals surface area (Å²) in [7, 11) is 1.75. The number of hydrogen-bond acceptors (Lipinski definition) is 3. The van der Waals surface area contributed by atoms with E-state index in [2.05, 4.69) is 10.1 Å². The lowest BCUT2D eigenvalue weighted by molar-refractivity contribution is -0.123. The standard InChI is InChI=1S/C14H16FN3O/c1-14(2,10-4-6-11(15)7-5-10)12(19)8-13-16-9-17-18(13)3/h4-7,9H,8H2,1-3H3. The van der Waals surface area contributed by atoms with Gasteiger partial charge in [-0.15, -0.1) is 0 Å². The Morgan fingerprint density at radius 2 is 1.95 bits per heavy atom. The molecule has 0 spiro atoms. The Labute approximate surface area is 111 Å². The third kappa shape index (κ3) is 2.70. The molecule has 0 fully saturated rings. The van der Waals surface area contributed by atoms with Crippen LogP contribution in [-0.4, -0.2) is 20.5 Å². The Balaban J connectivity index is 2.21. The van der Waals surface area contributed by atoms with Crippen LogP contribution < -0.4 is 0 Å². The molecule has 0 aliphatic carbocycles. The van der Waals surface area contributed by atoms with Crippen molar-refractivity contribution in [3.63, 3.8) is 0 Å². The van der Waals surface area contributed by atoms with Crippen molar-refractivity contribution in [2.45, 2.75) is 25.7 Å². The van der Waals surface area contributed by atoms with E-state index in [4.69, 9.17) is 0 Å². The van der Waals surface area contributed by atoms with Gasteiger partial charge in [0.25, 0.3) is 0 Å². The summed E-state index contributed by atoms with van der Waals surface area (Å²) in [4.78, 5) is 16.4. The Hall–Kier alpha value is -2.04. The van der Waals surface area contributed by atoms with Crippen LogP contribution in [0.25, 0.3) is 0 Å². The van der Waals surface area contributed by atoms with E-state index in [1.807, 2.05) is 13.8 Å². The molecule has 2 aromatic rings. The second kappa shape index (κ2) is 4.91. The second-order valence-electron chi connectivity index (χ2n) is 5.03. The van der Waals surface area contributed by atoms with Gasteiger partial charge in [-0.2, -0.15) is 5.10 Å². The zero-order valence-electron chi connectivity index (χ0n) is 11.2. The molecule has 5 heteroatoms. The highest BCUT2D eigenvalue weighted by atomic mass is 19.1. The summed E-state index contributed by atoms with van der Waals surface area (Å²) < 4.78 is 14.5. The first kappa shape index (κ1) is 13.4. The summed E-state index contributed by atoms with van der Waals surface area (Å²) in [6.07, 6.45) is 1.63. The molecule has 0 saturated carbocycles. The maximum absolute atomic E-state index is 12.9. The van der Waals surface area contributed by atoms with Gasteiger partial charge >= 0.3 is 0 Å². The van der Waals surface area contributed by atoms with Crippen LogP contribution in [0, 0.1) is 5.82 Å². The fourth-order valence-corrected chi connectivity index (χ4v) is 1.87. The quantitative estimate of drug-likeness (QED) is 0.846. The van der Waals surface area contributed by atoms with Gasteiger partial charge in [0.2, 0.25) is 0 Å². The number of benzene rings is 1. The van der Waals surface area contributed by atoms with E-state index >= 15 is 0 Å². The summed E-state index contributed by atoms with van der Waals surface area (Å²) in [5.41, 5.74) is 0.112. The molecule has 1 aromatic heterocycles. The molecule has 0 bridgehead atoms. The molecular weight excluding hydrogens is 245 g/mol. The average Bonchev–Trinajstić information content (AvgIpc) is 2.75. The molecule has 0 aliphatic heterocycles. The van der Waals surface area contributed by atoms with Crippen LogP contribution in [0.3, 0.4) is 0 Å². The number of carbonyl (C=O) groups is 1. The summed E-state index contributed by atoms with van der Waals surface area (Å²) >= 11 is 0. The van der Waals surface area contributed by atoms with Crippen molar-refractivity contribution in [1.82, 2.24) is 14.8 Å². The normalized spacial score (nSPS) is 11.6. The molecule has 0 radical (unpaired) electrons. The summed E-state index contributed by atoms with van der Waals surface area (Å²) in [5, 5.41) is 3.94. The largest absolute Gasteiger partial charge is 0.298 e. The lowest BCUT2D eigenvalue weighted by Gasteiger charge is -2.23. The molecule has 4 nitrogen and oxygen atoms in total. The minimum Gasteiger partial charge on any atom is -0.298 e. The van der Waals surface area contributed by atoms with Gasteiger partial charge in [0.15, 0.2) is 0 Å². The predicted octanol–water partition coefficient (Wildman–Crippen LogP) is 2.04. The average molecular weight is 261 g/mol. The zero-order chi connectivity index (χ0) is 14.0. The minimum absolute atomic E-state index is 0.0233. The van der Waals surface area contributed by atoms with Gasteiger partial charge in [0.05, 0.1) is 6.42 Å². The first-order valence-electron chi connectivity index (χ1n) is 6.03. The maximum atomic E-state index is 12.9. The molecule has 1 aromatic carbocycles. The zero-order valence-corrected chi connectivity index (χ0v) is 11.2. The third-order valence-corrected chi connectivity index (χ3v) is 3.39. The van der Waals surface area contributed by atoms with Crippen LogP contribution in [0.2, 0.25) is 0 Å². The molecule has 0 N–H and O–H groups in total. The summed E-state index contributed by atoms with van der Waals surface area (Å²) in [6, 6.07) is 6.02. The number of nitrogens with zero attached hydrogens (tertiary/aromatic N) is 3. The molecule has 0 saturated heterocycles. The number of aromatic nitrogens is 3. The Morgan fingerprint density at radius 1 is 1.32 bits per heavy atom. The highest BCUT2D eigenvalue weighted by Crippen LogP contribution is 2.25. The fourth-order valence-electron chi connectivity index (χ4n) is 1.87. The highest BCUT2D eigenvalue weighted by molar-refractivity contribution is 5.90. The number of ketones is 1. The minimum atomic E-state index is -0.681. The van der Waals surface area contributed by atoms with E-state index in [1.165, 1.54) is 18.5 Å². The Bertz CT molecular complexity index is 587. The van der Waals surface area contributed by atoms with Crippen molar-refractivity contribution in [3.05, 3.63) is 47.8 Å². The van der Waals surface area contributed by atoms with Gasteiger partial charge in [-0.05, 0) is 31.5 Å². The van der Waals surface area contributed by atoms with Crippen molar-refractivity contribution in [1.29, 1.82) is 0 Å². The van der Waals surface area contributed by atoms with Crippen LogP contribution in [0.1, 0.15) is 25.2 Å². The van der Waals surface area contributed by atoms with Crippen LogP contribution in [0.15, 0.2) is 30.6 Å². The number of halogens is 1. The summed E-state index contributed by atoms with van der Waals surface area (Å²) in [6.45, 7) is 3.66. The molecule has 19 heavy (non-hydrogen) atoms. The van der Waals surface area contributed by atoms with Crippen molar-refractivity contribution in [3.8, 4) is 0 Å². The van der Waals surface area contributed by atoms with Crippen LogP contribution in [0.4, 0.5) is 4.39 Å². The van der Waals surface area contributed by atoms with E-state index in [-0.39, 0.29) is 18.0 Å². The lowest BCUT2D eigenvalue weighted by atomic mass is 9.79. The Kier molecular flexibility index (Phi) is 3.46. The molecule has 0 atom stereocenters.